The molecule has 1 heterocycles. The molecule has 0 aliphatic carbocycles. The van der Waals surface area contributed by atoms with Crippen molar-refractivity contribution in [2.75, 3.05) is 13.1 Å². The minimum Gasteiger partial charge on any atom is -0.315 e. The standard InChI is InChI=1S/C11H14F2N2O2S.ClH/c12-10-4-3-9(6-11(10)13)18(16,17)15-8-2-1-5-14-7-8;/h3-4,6,8,14-15H,1-2,5,7H2;1H/t8-;/m1./s1. The van der Waals surface area contributed by atoms with E-state index in [1.54, 1.807) is 0 Å². The van der Waals surface area contributed by atoms with E-state index in [4.69, 9.17) is 0 Å². The van der Waals surface area contributed by atoms with E-state index < -0.39 is 21.7 Å². The first kappa shape index (κ1) is 16.3. The van der Waals surface area contributed by atoms with Crippen molar-refractivity contribution < 1.29 is 17.2 Å². The van der Waals surface area contributed by atoms with Crippen LogP contribution in [-0.4, -0.2) is 27.5 Å². The van der Waals surface area contributed by atoms with Crippen LogP contribution in [0.2, 0.25) is 0 Å². The Morgan fingerprint density at radius 3 is 2.58 bits per heavy atom. The molecule has 8 heteroatoms. The number of hydrogen-bond acceptors (Lipinski definition) is 3. The van der Waals surface area contributed by atoms with Crippen molar-refractivity contribution in [1.82, 2.24) is 10.0 Å². The van der Waals surface area contributed by atoms with Gasteiger partial charge in [-0.05, 0) is 37.6 Å². The molecule has 1 saturated heterocycles. The highest BCUT2D eigenvalue weighted by molar-refractivity contribution is 7.89. The third kappa shape index (κ3) is 4.10. The molecule has 1 aliphatic heterocycles. The van der Waals surface area contributed by atoms with Crippen molar-refractivity contribution in [1.29, 1.82) is 0 Å². The Hall–Kier alpha value is -0.760. The fraction of sp³-hybridized carbons (Fsp3) is 0.455. The zero-order valence-corrected chi connectivity index (χ0v) is 11.7. The SMILES string of the molecule is Cl.O=S(=O)(N[C@@H]1CCCNC1)c1ccc(F)c(F)c1. The Labute approximate surface area is 117 Å². The molecule has 2 N–H and O–H groups in total. The molecule has 108 valence electrons. The zero-order chi connectivity index (χ0) is 13.2. The van der Waals surface area contributed by atoms with Gasteiger partial charge >= 0.3 is 0 Å². The minimum atomic E-state index is -3.80. The molecular formula is C11H15ClF2N2O2S. The molecule has 1 fully saturated rings. The molecule has 0 saturated carbocycles. The molecule has 4 nitrogen and oxygen atoms in total. The fourth-order valence-electron chi connectivity index (χ4n) is 1.88. The Bertz CT molecular complexity index is 533. The van der Waals surface area contributed by atoms with E-state index in [1.165, 1.54) is 0 Å². The van der Waals surface area contributed by atoms with E-state index >= 15 is 0 Å². The summed E-state index contributed by atoms with van der Waals surface area (Å²) >= 11 is 0. The molecule has 0 radical (unpaired) electrons. The average Bonchev–Trinajstić information content (AvgIpc) is 2.33. The lowest BCUT2D eigenvalue weighted by Crippen LogP contribution is -2.45. The van der Waals surface area contributed by atoms with E-state index in [9.17, 15) is 17.2 Å². The van der Waals surface area contributed by atoms with Gasteiger partial charge in [0, 0.05) is 12.6 Å². The summed E-state index contributed by atoms with van der Waals surface area (Å²) in [6.45, 7) is 1.41. The van der Waals surface area contributed by atoms with Gasteiger partial charge in [-0.1, -0.05) is 0 Å². The monoisotopic (exact) mass is 312 g/mol. The lowest BCUT2D eigenvalue weighted by Gasteiger charge is -2.23. The van der Waals surface area contributed by atoms with Crippen LogP contribution in [0.5, 0.6) is 0 Å². The highest BCUT2D eigenvalue weighted by atomic mass is 35.5. The molecule has 2 rings (SSSR count). The fourth-order valence-corrected chi connectivity index (χ4v) is 3.17. The van der Waals surface area contributed by atoms with Gasteiger partial charge in [-0.3, -0.25) is 0 Å². The number of halogens is 3. The lowest BCUT2D eigenvalue weighted by atomic mass is 10.1. The van der Waals surface area contributed by atoms with Crippen LogP contribution in [0.15, 0.2) is 23.1 Å². The van der Waals surface area contributed by atoms with Gasteiger partial charge in [0.25, 0.3) is 0 Å². The van der Waals surface area contributed by atoms with Crippen LogP contribution < -0.4 is 10.0 Å². The second kappa shape index (κ2) is 6.60. The van der Waals surface area contributed by atoms with Gasteiger partial charge in [0.05, 0.1) is 4.90 Å². The van der Waals surface area contributed by atoms with E-state index in [0.717, 1.165) is 31.5 Å². The number of hydrogen-bond donors (Lipinski definition) is 2. The van der Waals surface area contributed by atoms with Gasteiger partial charge in [-0.2, -0.15) is 0 Å². The minimum absolute atomic E-state index is 0. The number of sulfonamides is 1. The highest BCUT2D eigenvalue weighted by Gasteiger charge is 2.22. The largest absolute Gasteiger partial charge is 0.315 e. The summed E-state index contributed by atoms with van der Waals surface area (Å²) in [6.07, 6.45) is 1.61. The number of piperidine rings is 1. The van der Waals surface area contributed by atoms with Crippen molar-refractivity contribution in [3.63, 3.8) is 0 Å². The van der Waals surface area contributed by atoms with Crippen molar-refractivity contribution in [3.8, 4) is 0 Å². The highest BCUT2D eigenvalue weighted by Crippen LogP contribution is 2.15. The van der Waals surface area contributed by atoms with Gasteiger partial charge in [-0.15, -0.1) is 12.4 Å². The van der Waals surface area contributed by atoms with Crippen LogP contribution in [-0.2, 0) is 10.0 Å². The van der Waals surface area contributed by atoms with E-state index in [2.05, 4.69) is 10.0 Å². The summed E-state index contributed by atoms with van der Waals surface area (Å²) in [7, 11) is -3.80. The molecule has 0 bridgehead atoms. The molecule has 19 heavy (non-hydrogen) atoms. The van der Waals surface area contributed by atoms with Crippen molar-refractivity contribution in [2.24, 2.45) is 0 Å². The Morgan fingerprint density at radius 2 is 2.00 bits per heavy atom. The van der Waals surface area contributed by atoms with Crippen molar-refractivity contribution in [3.05, 3.63) is 29.8 Å². The van der Waals surface area contributed by atoms with Gasteiger partial charge in [0.1, 0.15) is 0 Å². The third-order valence-corrected chi connectivity index (χ3v) is 4.34. The second-order valence-corrected chi connectivity index (χ2v) is 5.95. The molecule has 1 atom stereocenters. The average molecular weight is 313 g/mol. The summed E-state index contributed by atoms with van der Waals surface area (Å²) in [4.78, 5) is -0.257. The van der Waals surface area contributed by atoms with Crippen LogP contribution in [0.3, 0.4) is 0 Å². The molecule has 0 amide bonds. The van der Waals surface area contributed by atoms with Crippen LogP contribution in [0.25, 0.3) is 0 Å². The number of rotatable bonds is 3. The maximum atomic E-state index is 13.0. The molecule has 1 aliphatic rings. The summed E-state index contributed by atoms with van der Waals surface area (Å²) in [5.41, 5.74) is 0. The topological polar surface area (TPSA) is 58.2 Å². The quantitative estimate of drug-likeness (QED) is 0.887. The Morgan fingerprint density at radius 1 is 1.26 bits per heavy atom. The van der Waals surface area contributed by atoms with Gasteiger partial charge in [-0.25, -0.2) is 21.9 Å². The maximum Gasteiger partial charge on any atom is 0.240 e. The van der Waals surface area contributed by atoms with E-state index in [1.807, 2.05) is 0 Å². The zero-order valence-electron chi connectivity index (χ0n) is 10.0. The predicted molar refractivity (Wildman–Crippen MR) is 69.8 cm³/mol. The van der Waals surface area contributed by atoms with Gasteiger partial charge in [0.15, 0.2) is 11.6 Å². The van der Waals surface area contributed by atoms with Crippen LogP contribution in [0.4, 0.5) is 8.78 Å². The van der Waals surface area contributed by atoms with E-state index in [0.29, 0.717) is 12.6 Å². The first-order chi connectivity index (χ1) is 8.49. The third-order valence-electron chi connectivity index (χ3n) is 2.82. The van der Waals surface area contributed by atoms with Crippen molar-refractivity contribution >= 4 is 22.4 Å². The summed E-state index contributed by atoms with van der Waals surface area (Å²) in [6, 6.07) is 2.34. The first-order valence-electron chi connectivity index (χ1n) is 5.67. The summed E-state index contributed by atoms with van der Waals surface area (Å²) in [5.74, 6) is -2.23. The smallest absolute Gasteiger partial charge is 0.240 e. The summed E-state index contributed by atoms with van der Waals surface area (Å²) in [5, 5.41) is 3.07. The van der Waals surface area contributed by atoms with E-state index in [-0.39, 0.29) is 23.3 Å². The predicted octanol–water partition coefficient (Wildman–Crippen LogP) is 1.42. The Kier molecular flexibility index (Phi) is 5.66. The van der Waals surface area contributed by atoms with Gasteiger partial charge in [0.2, 0.25) is 10.0 Å². The summed E-state index contributed by atoms with van der Waals surface area (Å²) < 4.78 is 52.1. The second-order valence-electron chi connectivity index (χ2n) is 4.24. The number of nitrogens with one attached hydrogen (secondary N) is 2. The molecule has 0 spiro atoms. The van der Waals surface area contributed by atoms with Gasteiger partial charge < -0.3 is 5.32 Å². The lowest BCUT2D eigenvalue weighted by molar-refractivity contribution is 0.428. The van der Waals surface area contributed by atoms with Crippen molar-refractivity contribution in [2.45, 2.75) is 23.8 Å². The maximum absolute atomic E-state index is 13.0. The number of benzene rings is 1. The molecule has 0 unspecified atom stereocenters. The molecular weight excluding hydrogens is 298 g/mol. The van der Waals surface area contributed by atoms with Crippen LogP contribution >= 0.6 is 12.4 Å². The molecule has 1 aromatic carbocycles. The molecule has 1 aromatic rings. The molecule has 0 aromatic heterocycles. The Balaban J connectivity index is 0.00000180. The normalized spacial score (nSPS) is 19.8. The van der Waals surface area contributed by atoms with Crippen LogP contribution in [0, 0.1) is 11.6 Å². The van der Waals surface area contributed by atoms with Crippen LogP contribution in [0.1, 0.15) is 12.8 Å². The first-order valence-corrected chi connectivity index (χ1v) is 7.15.